The van der Waals surface area contributed by atoms with Crippen LogP contribution in [-0.2, 0) is 12.8 Å². The molecular formula is C16H19ClN2. The molecule has 1 aromatic heterocycles. The maximum Gasteiger partial charge on any atom is 0.0621 e. The van der Waals surface area contributed by atoms with Crippen LogP contribution in [0.15, 0.2) is 36.7 Å². The highest BCUT2D eigenvalue weighted by atomic mass is 35.5. The SMILES string of the molecule is Cc1ccc(CC(N)Cc2ccncc2Cl)cc1C. The molecule has 0 aliphatic heterocycles. The lowest BCUT2D eigenvalue weighted by Crippen LogP contribution is -2.25. The Hall–Kier alpha value is -1.38. The Morgan fingerprint density at radius 1 is 1.16 bits per heavy atom. The van der Waals surface area contributed by atoms with Crippen LogP contribution in [0.1, 0.15) is 22.3 Å². The monoisotopic (exact) mass is 274 g/mol. The average Bonchev–Trinajstić information content (AvgIpc) is 2.37. The predicted octanol–water partition coefficient (Wildman–Crippen LogP) is 3.46. The molecule has 0 radical (unpaired) electrons. The number of nitrogens with two attached hydrogens (primary N) is 1. The molecule has 0 saturated heterocycles. The molecule has 1 unspecified atom stereocenters. The number of hydrogen-bond donors (Lipinski definition) is 1. The highest BCUT2D eigenvalue weighted by molar-refractivity contribution is 6.31. The normalized spacial score (nSPS) is 12.4. The van der Waals surface area contributed by atoms with Crippen LogP contribution in [0.3, 0.4) is 0 Å². The quantitative estimate of drug-likeness (QED) is 0.927. The molecule has 0 aliphatic carbocycles. The van der Waals surface area contributed by atoms with Gasteiger partial charge in [-0.05, 0) is 55.0 Å². The molecule has 2 aromatic rings. The lowest BCUT2D eigenvalue weighted by atomic mass is 9.98. The van der Waals surface area contributed by atoms with Gasteiger partial charge in [0.15, 0.2) is 0 Å². The first-order chi connectivity index (χ1) is 9.06. The summed E-state index contributed by atoms with van der Waals surface area (Å²) in [7, 11) is 0. The molecular weight excluding hydrogens is 256 g/mol. The van der Waals surface area contributed by atoms with E-state index in [4.69, 9.17) is 17.3 Å². The summed E-state index contributed by atoms with van der Waals surface area (Å²) in [5.41, 5.74) is 11.2. The Morgan fingerprint density at radius 2 is 1.95 bits per heavy atom. The van der Waals surface area contributed by atoms with Gasteiger partial charge in [-0.3, -0.25) is 4.98 Å². The Morgan fingerprint density at radius 3 is 2.63 bits per heavy atom. The maximum absolute atomic E-state index is 6.22. The van der Waals surface area contributed by atoms with Gasteiger partial charge in [-0.2, -0.15) is 0 Å². The lowest BCUT2D eigenvalue weighted by Gasteiger charge is -2.13. The van der Waals surface area contributed by atoms with Crippen molar-refractivity contribution in [1.82, 2.24) is 4.98 Å². The van der Waals surface area contributed by atoms with Crippen molar-refractivity contribution in [2.45, 2.75) is 32.7 Å². The number of benzene rings is 1. The van der Waals surface area contributed by atoms with E-state index < -0.39 is 0 Å². The van der Waals surface area contributed by atoms with Gasteiger partial charge in [-0.15, -0.1) is 0 Å². The Kier molecular flexibility index (Phi) is 4.56. The number of aromatic nitrogens is 1. The largest absolute Gasteiger partial charge is 0.327 e. The van der Waals surface area contributed by atoms with Crippen LogP contribution < -0.4 is 5.73 Å². The Balaban J connectivity index is 2.03. The van der Waals surface area contributed by atoms with Crippen molar-refractivity contribution in [2.75, 3.05) is 0 Å². The van der Waals surface area contributed by atoms with Gasteiger partial charge < -0.3 is 5.73 Å². The van der Waals surface area contributed by atoms with Crippen molar-refractivity contribution in [1.29, 1.82) is 0 Å². The summed E-state index contributed by atoms with van der Waals surface area (Å²) in [6.07, 6.45) is 5.05. The molecule has 1 heterocycles. The van der Waals surface area contributed by atoms with Crippen LogP contribution >= 0.6 is 11.6 Å². The molecule has 100 valence electrons. The number of halogens is 1. The molecule has 0 bridgehead atoms. The molecule has 2 N–H and O–H groups in total. The van der Waals surface area contributed by atoms with Crippen molar-refractivity contribution in [3.63, 3.8) is 0 Å². The molecule has 1 atom stereocenters. The van der Waals surface area contributed by atoms with Crippen LogP contribution in [0.5, 0.6) is 0 Å². The summed E-state index contributed by atoms with van der Waals surface area (Å²) in [6, 6.07) is 8.51. The average molecular weight is 275 g/mol. The predicted molar refractivity (Wildman–Crippen MR) is 80.5 cm³/mol. The Labute approximate surface area is 119 Å². The minimum absolute atomic E-state index is 0.0713. The van der Waals surface area contributed by atoms with Crippen molar-refractivity contribution >= 4 is 11.6 Å². The minimum atomic E-state index is 0.0713. The van der Waals surface area contributed by atoms with Gasteiger partial charge in [0.25, 0.3) is 0 Å². The molecule has 3 heteroatoms. The standard InChI is InChI=1S/C16H19ClN2/c1-11-3-4-13(7-12(11)2)8-15(18)9-14-5-6-19-10-16(14)17/h3-7,10,15H,8-9,18H2,1-2H3. The van der Waals surface area contributed by atoms with Gasteiger partial charge in [0.05, 0.1) is 5.02 Å². The third-order valence-electron chi connectivity index (χ3n) is 3.41. The summed E-state index contributed by atoms with van der Waals surface area (Å²) in [5.74, 6) is 0. The summed E-state index contributed by atoms with van der Waals surface area (Å²) in [6.45, 7) is 4.25. The van der Waals surface area contributed by atoms with Crippen LogP contribution in [-0.4, -0.2) is 11.0 Å². The number of rotatable bonds is 4. The van der Waals surface area contributed by atoms with Gasteiger partial charge in [-0.1, -0.05) is 29.8 Å². The van der Waals surface area contributed by atoms with Gasteiger partial charge in [0, 0.05) is 18.4 Å². The van der Waals surface area contributed by atoms with Crippen molar-refractivity contribution in [3.8, 4) is 0 Å². The zero-order valence-corrected chi connectivity index (χ0v) is 12.1. The second kappa shape index (κ2) is 6.18. The van der Waals surface area contributed by atoms with E-state index in [0.29, 0.717) is 5.02 Å². The van der Waals surface area contributed by atoms with E-state index in [1.54, 1.807) is 12.4 Å². The Bertz CT molecular complexity index is 566. The summed E-state index contributed by atoms with van der Waals surface area (Å²) in [4.78, 5) is 3.98. The third kappa shape index (κ3) is 3.79. The molecule has 19 heavy (non-hydrogen) atoms. The van der Waals surface area contributed by atoms with E-state index in [2.05, 4.69) is 37.0 Å². The van der Waals surface area contributed by atoms with Crippen molar-refractivity contribution < 1.29 is 0 Å². The number of aryl methyl sites for hydroxylation is 2. The first kappa shape index (κ1) is 14.0. The third-order valence-corrected chi connectivity index (χ3v) is 3.75. The summed E-state index contributed by atoms with van der Waals surface area (Å²) < 4.78 is 0. The first-order valence-electron chi connectivity index (χ1n) is 6.46. The maximum atomic E-state index is 6.22. The molecule has 1 aromatic carbocycles. The highest BCUT2D eigenvalue weighted by Gasteiger charge is 2.08. The zero-order chi connectivity index (χ0) is 13.8. The second-order valence-corrected chi connectivity index (χ2v) is 5.46. The van der Waals surface area contributed by atoms with Gasteiger partial charge in [0.1, 0.15) is 0 Å². The molecule has 0 spiro atoms. The molecule has 0 aliphatic rings. The number of pyridine rings is 1. The molecule has 0 amide bonds. The number of nitrogens with zero attached hydrogens (tertiary/aromatic N) is 1. The van der Waals surface area contributed by atoms with Crippen molar-refractivity contribution in [2.24, 2.45) is 5.73 Å². The van der Waals surface area contributed by atoms with Crippen LogP contribution in [0.4, 0.5) is 0 Å². The van der Waals surface area contributed by atoms with E-state index in [1.807, 2.05) is 6.07 Å². The summed E-state index contributed by atoms with van der Waals surface area (Å²) >= 11 is 6.10. The van der Waals surface area contributed by atoms with Crippen molar-refractivity contribution in [3.05, 3.63) is 63.9 Å². The molecule has 0 saturated carbocycles. The zero-order valence-electron chi connectivity index (χ0n) is 11.4. The van der Waals surface area contributed by atoms with E-state index in [-0.39, 0.29) is 6.04 Å². The molecule has 2 rings (SSSR count). The lowest BCUT2D eigenvalue weighted by molar-refractivity contribution is 0.664. The van der Waals surface area contributed by atoms with E-state index in [0.717, 1.165) is 18.4 Å². The van der Waals surface area contributed by atoms with Gasteiger partial charge >= 0.3 is 0 Å². The first-order valence-corrected chi connectivity index (χ1v) is 6.84. The van der Waals surface area contributed by atoms with Crippen LogP contribution in [0.2, 0.25) is 5.02 Å². The molecule has 2 nitrogen and oxygen atoms in total. The van der Waals surface area contributed by atoms with Crippen LogP contribution in [0, 0.1) is 13.8 Å². The summed E-state index contributed by atoms with van der Waals surface area (Å²) in [5, 5.41) is 0.693. The molecule has 0 fully saturated rings. The topological polar surface area (TPSA) is 38.9 Å². The highest BCUT2D eigenvalue weighted by Crippen LogP contribution is 2.17. The fourth-order valence-electron chi connectivity index (χ4n) is 2.16. The smallest absolute Gasteiger partial charge is 0.0621 e. The van der Waals surface area contributed by atoms with Gasteiger partial charge in [0.2, 0.25) is 0 Å². The minimum Gasteiger partial charge on any atom is -0.327 e. The fourth-order valence-corrected chi connectivity index (χ4v) is 2.35. The van der Waals surface area contributed by atoms with Crippen LogP contribution in [0.25, 0.3) is 0 Å². The second-order valence-electron chi connectivity index (χ2n) is 5.05. The van der Waals surface area contributed by atoms with E-state index >= 15 is 0 Å². The van der Waals surface area contributed by atoms with E-state index in [9.17, 15) is 0 Å². The van der Waals surface area contributed by atoms with E-state index in [1.165, 1.54) is 16.7 Å². The number of hydrogen-bond acceptors (Lipinski definition) is 2. The van der Waals surface area contributed by atoms with Gasteiger partial charge in [-0.25, -0.2) is 0 Å². The fraction of sp³-hybridized carbons (Fsp3) is 0.312.